The number of benzene rings is 1. The minimum absolute atomic E-state index is 0.0246. The van der Waals surface area contributed by atoms with Crippen molar-refractivity contribution in [1.82, 2.24) is 14.5 Å². The van der Waals surface area contributed by atoms with Gasteiger partial charge in [0.15, 0.2) is 5.16 Å². The molecule has 0 bridgehead atoms. The number of thioether (sulfide) groups is 1. The summed E-state index contributed by atoms with van der Waals surface area (Å²) >= 11 is 4.67. The van der Waals surface area contributed by atoms with E-state index in [0.29, 0.717) is 29.2 Å². The fourth-order valence-corrected chi connectivity index (χ4v) is 3.66. The van der Waals surface area contributed by atoms with Crippen LogP contribution in [-0.4, -0.2) is 53.4 Å². The molecule has 0 aliphatic carbocycles. The summed E-state index contributed by atoms with van der Waals surface area (Å²) in [5, 5.41) is 0.722. The Labute approximate surface area is 153 Å². The van der Waals surface area contributed by atoms with E-state index in [1.165, 1.54) is 16.7 Å². The van der Waals surface area contributed by atoms with Crippen LogP contribution < -0.4 is 5.56 Å². The van der Waals surface area contributed by atoms with Crippen molar-refractivity contribution in [2.75, 3.05) is 27.8 Å². The van der Waals surface area contributed by atoms with Gasteiger partial charge in [-0.15, -0.1) is 0 Å². The average Bonchev–Trinajstić information content (AvgIpc) is 2.54. The van der Waals surface area contributed by atoms with E-state index in [9.17, 15) is 9.59 Å². The summed E-state index contributed by atoms with van der Waals surface area (Å²) in [5.41, 5.74) is 0.481. The molecule has 1 aromatic heterocycles. The molecule has 24 heavy (non-hydrogen) atoms. The molecular weight excluding hydrogens is 394 g/mol. The normalized spacial score (nSPS) is 12.4. The molecule has 1 heterocycles. The standard InChI is InChI=1S/C16H20BrN3O3S/c1-10(14(21)19(2)3)24-16-18-13-6-5-11(17)9-12(13)15(22)20(16)7-8-23-4/h5-6,9-10H,7-8H2,1-4H3/t10-/m1/s1. The summed E-state index contributed by atoms with van der Waals surface area (Å²) in [7, 11) is 5.01. The Balaban J connectivity index is 2.52. The second-order valence-electron chi connectivity index (χ2n) is 5.50. The van der Waals surface area contributed by atoms with Gasteiger partial charge >= 0.3 is 0 Å². The first-order valence-electron chi connectivity index (χ1n) is 7.42. The van der Waals surface area contributed by atoms with E-state index in [4.69, 9.17) is 4.74 Å². The van der Waals surface area contributed by atoms with Gasteiger partial charge in [-0.1, -0.05) is 27.7 Å². The highest BCUT2D eigenvalue weighted by atomic mass is 79.9. The lowest BCUT2D eigenvalue weighted by Crippen LogP contribution is -2.31. The second kappa shape index (κ2) is 8.13. The lowest BCUT2D eigenvalue weighted by molar-refractivity contribution is -0.127. The van der Waals surface area contributed by atoms with Crippen LogP contribution in [0.4, 0.5) is 0 Å². The van der Waals surface area contributed by atoms with Crippen molar-refractivity contribution in [3.63, 3.8) is 0 Å². The van der Waals surface area contributed by atoms with E-state index in [-0.39, 0.29) is 16.7 Å². The first kappa shape index (κ1) is 19.0. The molecule has 2 rings (SSSR count). The molecule has 0 radical (unpaired) electrons. The summed E-state index contributed by atoms with van der Waals surface area (Å²) in [6.07, 6.45) is 0. The predicted octanol–water partition coefficient (Wildman–Crippen LogP) is 2.37. The van der Waals surface area contributed by atoms with Crippen molar-refractivity contribution in [3.05, 3.63) is 33.0 Å². The molecule has 130 valence electrons. The maximum Gasteiger partial charge on any atom is 0.262 e. The van der Waals surface area contributed by atoms with Crippen LogP contribution in [0.15, 0.2) is 32.6 Å². The van der Waals surface area contributed by atoms with E-state index < -0.39 is 0 Å². The van der Waals surface area contributed by atoms with Crippen LogP contribution in [0.1, 0.15) is 6.92 Å². The molecule has 0 unspecified atom stereocenters. The number of nitrogens with zero attached hydrogens (tertiary/aromatic N) is 3. The first-order valence-corrected chi connectivity index (χ1v) is 9.09. The zero-order valence-electron chi connectivity index (χ0n) is 14.1. The van der Waals surface area contributed by atoms with Gasteiger partial charge in [-0.3, -0.25) is 14.2 Å². The summed E-state index contributed by atoms with van der Waals surface area (Å²) in [4.78, 5) is 31.1. The molecule has 6 nitrogen and oxygen atoms in total. The summed E-state index contributed by atoms with van der Waals surface area (Å²) < 4.78 is 7.50. The van der Waals surface area contributed by atoms with E-state index in [2.05, 4.69) is 20.9 Å². The van der Waals surface area contributed by atoms with Gasteiger partial charge in [0.05, 0.1) is 29.3 Å². The first-order chi connectivity index (χ1) is 11.3. The topological polar surface area (TPSA) is 64.4 Å². The van der Waals surface area contributed by atoms with E-state index in [0.717, 1.165) is 4.47 Å². The molecule has 1 atom stereocenters. The largest absolute Gasteiger partial charge is 0.383 e. The number of aromatic nitrogens is 2. The summed E-state index contributed by atoms with van der Waals surface area (Å²) in [5.74, 6) is -0.0246. The lowest BCUT2D eigenvalue weighted by atomic mass is 10.2. The third-order valence-electron chi connectivity index (χ3n) is 3.47. The number of rotatable bonds is 6. The molecule has 1 amide bonds. The van der Waals surface area contributed by atoms with E-state index >= 15 is 0 Å². The quantitative estimate of drug-likeness (QED) is 0.537. The molecule has 0 saturated carbocycles. The number of carbonyl (C=O) groups excluding carboxylic acids is 1. The third kappa shape index (κ3) is 4.17. The van der Waals surface area contributed by atoms with Crippen molar-refractivity contribution >= 4 is 44.5 Å². The fraction of sp³-hybridized carbons (Fsp3) is 0.438. The van der Waals surface area contributed by atoms with Crippen LogP contribution in [0.3, 0.4) is 0 Å². The number of fused-ring (bicyclic) bond motifs is 1. The predicted molar refractivity (Wildman–Crippen MR) is 99.6 cm³/mol. The van der Waals surface area contributed by atoms with Crippen molar-refractivity contribution in [2.24, 2.45) is 0 Å². The monoisotopic (exact) mass is 413 g/mol. The van der Waals surface area contributed by atoms with Crippen LogP contribution in [0.2, 0.25) is 0 Å². The van der Waals surface area contributed by atoms with Crippen LogP contribution in [0, 0.1) is 0 Å². The Bertz CT molecular complexity index is 807. The Kier molecular flexibility index (Phi) is 6.42. The van der Waals surface area contributed by atoms with Crippen molar-refractivity contribution in [1.29, 1.82) is 0 Å². The van der Waals surface area contributed by atoms with Gasteiger partial charge in [0, 0.05) is 25.7 Å². The van der Waals surface area contributed by atoms with E-state index in [1.807, 2.05) is 13.0 Å². The van der Waals surface area contributed by atoms with Crippen LogP contribution in [0.25, 0.3) is 10.9 Å². The molecule has 0 N–H and O–H groups in total. The van der Waals surface area contributed by atoms with Crippen molar-refractivity contribution in [2.45, 2.75) is 23.9 Å². The Morgan fingerprint density at radius 2 is 2.17 bits per heavy atom. The number of hydrogen-bond donors (Lipinski definition) is 0. The zero-order valence-corrected chi connectivity index (χ0v) is 16.5. The van der Waals surface area contributed by atoms with Gasteiger partial charge < -0.3 is 9.64 Å². The van der Waals surface area contributed by atoms with Crippen molar-refractivity contribution in [3.8, 4) is 0 Å². The number of halogens is 1. The number of amides is 1. The van der Waals surface area contributed by atoms with Gasteiger partial charge in [0.2, 0.25) is 5.91 Å². The lowest BCUT2D eigenvalue weighted by Gasteiger charge is -2.18. The van der Waals surface area contributed by atoms with E-state index in [1.54, 1.807) is 37.9 Å². The number of methoxy groups -OCH3 is 1. The molecule has 2 aromatic rings. The van der Waals surface area contributed by atoms with Gasteiger partial charge in [0.1, 0.15) is 0 Å². The van der Waals surface area contributed by atoms with Crippen LogP contribution in [0.5, 0.6) is 0 Å². The fourth-order valence-electron chi connectivity index (χ4n) is 2.21. The third-order valence-corrected chi connectivity index (χ3v) is 5.04. The number of carbonyl (C=O) groups is 1. The summed E-state index contributed by atoms with van der Waals surface area (Å²) in [6, 6.07) is 5.40. The minimum Gasteiger partial charge on any atom is -0.383 e. The minimum atomic E-state index is -0.339. The molecular formula is C16H20BrN3O3S. The van der Waals surface area contributed by atoms with Gasteiger partial charge in [-0.05, 0) is 25.1 Å². The molecule has 0 spiro atoms. The van der Waals surface area contributed by atoms with Gasteiger partial charge in [-0.25, -0.2) is 4.98 Å². The molecule has 0 aliphatic rings. The number of hydrogen-bond acceptors (Lipinski definition) is 5. The molecule has 0 fully saturated rings. The highest BCUT2D eigenvalue weighted by Crippen LogP contribution is 2.24. The number of ether oxygens (including phenoxy) is 1. The highest BCUT2D eigenvalue weighted by molar-refractivity contribution is 9.10. The Hall–Kier alpha value is -1.38. The van der Waals surface area contributed by atoms with Crippen LogP contribution in [-0.2, 0) is 16.1 Å². The van der Waals surface area contributed by atoms with Gasteiger partial charge in [-0.2, -0.15) is 0 Å². The highest BCUT2D eigenvalue weighted by Gasteiger charge is 2.20. The van der Waals surface area contributed by atoms with Gasteiger partial charge in [0.25, 0.3) is 5.56 Å². The SMILES string of the molecule is COCCn1c(S[C@H](C)C(=O)N(C)C)nc2ccc(Br)cc2c1=O. The zero-order chi connectivity index (χ0) is 17.9. The maximum absolute atomic E-state index is 12.8. The smallest absolute Gasteiger partial charge is 0.262 e. The Morgan fingerprint density at radius 1 is 1.46 bits per heavy atom. The molecule has 0 saturated heterocycles. The van der Waals surface area contributed by atoms with Crippen LogP contribution >= 0.6 is 27.7 Å². The maximum atomic E-state index is 12.8. The Morgan fingerprint density at radius 3 is 2.79 bits per heavy atom. The second-order valence-corrected chi connectivity index (χ2v) is 7.72. The summed E-state index contributed by atoms with van der Waals surface area (Å²) in [6.45, 7) is 2.59. The average molecular weight is 414 g/mol. The van der Waals surface area contributed by atoms with Crippen molar-refractivity contribution < 1.29 is 9.53 Å². The molecule has 0 aliphatic heterocycles. The molecule has 8 heteroatoms. The molecule has 1 aromatic carbocycles.